The minimum Gasteiger partial charge on any atom is -0.357 e. The summed E-state index contributed by atoms with van der Waals surface area (Å²) < 4.78 is 13.9. The van der Waals surface area contributed by atoms with Crippen LogP contribution in [0.2, 0.25) is 0 Å². The predicted molar refractivity (Wildman–Crippen MR) is 73.8 cm³/mol. The number of hydrogen-bond acceptors (Lipinski definition) is 5. The van der Waals surface area contributed by atoms with E-state index < -0.39 is 0 Å². The molecule has 0 saturated heterocycles. The van der Waals surface area contributed by atoms with E-state index in [-0.39, 0.29) is 5.82 Å². The molecule has 2 heterocycles. The minimum absolute atomic E-state index is 0.226. The molecule has 0 aliphatic heterocycles. The molecule has 0 atom stereocenters. The van der Waals surface area contributed by atoms with Crippen molar-refractivity contribution in [2.24, 2.45) is 0 Å². The standard InChI is InChI=1S/C12H10FN3S2/c1-7-11(17-6-15-7)5-14-12-16-9-3-2-8(13)4-10(9)18-12/h2-4,6H,5H2,1H3,(H,14,16). The average Bonchev–Trinajstić information content (AvgIpc) is 2.92. The van der Waals surface area contributed by atoms with Crippen molar-refractivity contribution in [3.8, 4) is 0 Å². The molecule has 3 aromatic rings. The van der Waals surface area contributed by atoms with Gasteiger partial charge in [0.05, 0.1) is 28.0 Å². The molecule has 0 saturated carbocycles. The molecular formula is C12H10FN3S2. The second kappa shape index (κ2) is 4.62. The van der Waals surface area contributed by atoms with Gasteiger partial charge in [-0.25, -0.2) is 14.4 Å². The summed E-state index contributed by atoms with van der Waals surface area (Å²) in [4.78, 5) is 9.80. The van der Waals surface area contributed by atoms with Gasteiger partial charge in [-0.05, 0) is 25.1 Å². The molecule has 3 rings (SSSR count). The molecule has 0 spiro atoms. The lowest BCUT2D eigenvalue weighted by Crippen LogP contribution is -1.98. The molecule has 0 fully saturated rings. The first-order valence-electron chi connectivity index (χ1n) is 5.41. The topological polar surface area (TPSA) is 37.8 Å². The number of rotatable bonds is 3. The van der Waals surface area contributed by atoms with Crippen LogP contribution < -0.4 is 5.32 Å². The number of aromatic nitrogens is 2. The molecule has 18 heavy (non-hydrogen) atoms. The van der Waals surface area contributed by atoms with Crippen molar-refractivity contribution >= 4 is 38.0 Å². The van der Waals surface area contributed by atoms with Gasteiger partial charge >= 0.3 is 0 Å². The quantitative estimate of drug-likeness (QED) is 0.792. The maximum absolute atomic E-state index is 13.1. The average molecular weight is 279 g/mol. The lowest BCUT2D eigenvalue weighted by Gasteiger charge is -1.99. The Morgan fingerprint density at radius 2 is 2.28 bits per heavy atom. The Bertz CT molecular complexity index is 690. The van der Waals surface area contributed by atoms with E-state index in [4.69, 9.17) is 0 Å². The predicted octanol–water partition coefficient (Wildman–Crippen LogP) is 3.81. The van der Waals surface area contributed by atoms with Crippen LogP contribution in [-0.4, -0.2) is 9.97 Å². The molecular weight excluding hydrogens is 269 g/mol. The summed E-state index contributed by atoms with van der Waals surface area (Å²) in [6, 6.07) is 4.64. The van der Waals surface area contributed by atoms with E-state index in [9.17, 15) is 4.39 Å². The highest BCUT2D eigenvalue weighted by Gasteiger charge is 2.06. The fraction of sp³-hybridized carbons (Fsp3) is 0.167. The number of fused-ring (bicyclic) bond motifs is 1. The molecule has 3 nitrogen and oxygen atoms in total. The molecule has 1 N–H and O–H groups in total. The fourth-order valence-corrected chi connectivity index (χ4v) is 3.23. The second-order valence-corrected chi connectivity index (χ2v) is 5.82. The zero-order chi connectivity index (χ0) is 12.5. The van der Waals surface area contributed by atoms with Crippen LogP contribution in [0.4, 0.5) is 9.52 Å². The van der Waals surface area contributed by atoms with Gasteiger partial charge < -0.3 is 5.32 Å². The monoisotopic (exact) mass is 279 g/mol. The zero-order valence-corrected chi connectivity index (χ0v) is 11.2. The van der Waals surface area contributed by atoms with Crippen molar-refractivity contribution < 1.29 is 4.39 Å². The molecule has 2 aromatic heterocycles. The van der Waals surface area contributed by atoms with Crippen LogP contribution in [0, 0.1) is 12.7 Å². The van der Waals surface area contributed by atoms with E-state index >= 15 is 0 Å². The Morgan fingerprint density at radius 3 is 3.06 bits per heavy atom. The largest absolute Gasteiger partial charge is 0.357 e. The van der Waals surface area contributed by atoms with E-state index in [0.29, 0.717) is 6.54 Å². The summed E-state index contributed by atoms with van der Waals surface area (Å²) in [6.07, 6.45) is 0. The Kier molecular flexibility index (Phi) is 2.97. The Hall–Kier alpha value is -1.53. The van der Waals surface area contributed by atoms with E-state index in [2.05, 4.69) is 15.3 Å². The maximum atomic E-state index is 13.1. The summed E-state index contributed by atoms with van der Waals surface area (Å²) in [5, 5.41) is 4.06. The molecule has 0 radical (unpaired) electrons. The number of anilines is 1. The van der Waals surface area contributed by atoms with Crippen molar-refractivity contribution in [3.05, 3.63) is 40.1 Å². The number of aryl methyl sites for hydroxylation is 1. The molecule has 0 aliphatic carbocycles. The molecule has 0 unspecified atom stereocenters. The van der Waals surface area contributed by atoms with Gasteiger partial charge in [0.15, 0.2) is 5.13 Å². The van der Waals surface area contributed by atoms with Gasteiger partial charge in [0.25, 0.3) is 0 Å². The highest BCUT2D eigenvalue weighted by Crippen LogP contribution is 2.27. The van der Waals surface area contributed by atoms with Crippen LogP contribution in [0.15, 0.2) is 23.7 Å². The summed E-state index contributed by atoms with van der Waals surface area (Å²) in [5.41, 5.74) is 3.70. The van der Waals surface area contributed by atoms with Crippen LogP contribution in [0.5, 0.6) is 0 Å². The molecule has 0 bridgehead atoms. The molecule has 1 aromatic carbocycles. The van der Waals surface area contributed by atoms with Crippen LogP contribution in [0.3, 0.4) is 0 Å². The number of benzene rings is 1. The number of nitrogens with zero attached hydrogens (tertiary/aromatic N) is 2. The van der Waals surface area contributed by atoms with E-state index in [1.54, 1.807) is 17.4 Å². The highest BCUT2D eigenvalue weighted by atomic mass is 32.1. The number of hydrogen-bond donors (Lipinski definition) is 1. The van der Waals surface area contributed by atoms with E-state index in [1.807, 2.05) is 12.4 Å². The minimum atomic E-state index is -0.226. The van der Waals surface area contributed by atoms with E-state index in [0.717, 1.165) is 21.0 Å². The van der Waals surface area contributed by atoms with Crippen molar-refractivity contribution in [2.75, 3.05) is 5.32 Å². The molecule has 92 valence electrons. The first-order valence-corrected chi connectivity index (χ1v) is 7.11. The third-order valence-electron chi connectivity index (χ3n) is 2.60. The third kappa shape index (κ3) is 2.21. The van der Waals surface area contributed by atoms with Gasteiger partial charge in [0.1, 0.15) is 5.82 Å². The van der Waals surface area contributed by atoms with Gasteiger partial charge in [0.2, 0.25) is 0 Å². The maximum Gasteiger partial charge on any atom is 0.184 e. The number of halogens is 1. The first-order chi connectivity index (χ1) is 8.72. The van der Waals surface area contributed by atoms with Crippen LogP contribution in [0.25, 0.3) is 10.2 Å². The smallest absolute Gasteiger partial charge is 0.184 e. The van der Waals surface area contributed by atoms with Gasteiger partial charge in [-0.15, -0.1) is 11.3 Å². The second-order valence-electron chi connectivity index (χ2n) is 3.85. The lowest BCUT2D eigenvalue weighted by atomic mass is 10.3. The zero-order valence-electron chi connectivity index (χ0n) is 9.61. The molecule has 6 heteroatoms. The Labute approximate surface area is 111 Å². The van der Waals surface area contributed by atoms with Crippen molar-refractivity contribution in [2.45, 2.75) is 13.5 Å². The Balaban J connectivity index is 1.81. The van der Waals surface area contributed by atoms with Gasteiger partial charge in [-0.2, -0.15) is 0 Å². The van der Waals surface area contributed by atoms with E-state index in [1.165, 1.54) is 28.3 Å². The fourth-order valence-electron chi connectivity index (χ4n) is 1.63. The van der Waals surface area contributed by atoms with Crippen molar-refractivity contribution in [3.63, 3.8) is 0 Å². The van der Waals surface area contributed by atoms with Gasteiger partial charge in [0, 0.05) is 4.88 Å². The van der Waals surface area contributed by atoms with Gasteiger partial charge in [-0.3, -0.25) is 0 Å². The number of thiazole rings is 2. The lowest BCUT2D eigenvalue weighted by molar-refractivity contribution is 0.630. The van der Waals surface area contributed by atoms with Crippen LogP contribution >= 0.6 is 22.7 Å². The van der Waals surface area contributed by atoms with Crippen LogP contribution in [0.1, 0.15) is 10.6 Å². The normalized spacial score (nSPS) is 11.0. The summed E-state index contributed by atoms with van der Waals surface area (Å²) in [5.74, 6) is -0.226. The number of nitrogens with one attached hydrogen (secondary N) is 1. The summed E-state index contributed by atoms with van der Waals surface area (Å²) in [7, 11) is 0. The SMILES string of the molecule is Cc1ncsc1CNc1nc2ccc(F)cc2s1. The Morgan fingerprint density at radius 1 is 1.39 bits per heavy atom. The third-order valence-corrected chi connectivity index (χ3v) is 4.51. The van der Waals surface area contributed by atoms with Crippen molar-refractivity contribution in [1.29, 1.82) is 0 Å². The molecule has 0 aliphatic rings. The van der Waals surface area contributed by atoms with Crippen molar-refractivity contribution in [1.82, 2.24) is 9.97 Å². The molecule has 0 amide bonds. The summed E-state index contributed by atoms with van der Waals surface area (Å²) >= 11 is 3.08. The van der Waals surface area contributed by atoms with Gasteiger partial charge in [-0.1, -0.05) is 11.3 Å². The van der Waals surface area contributed by atoms with Crippen LogP contribution in [-0.2, 0) is 6.54 Å². The highest BCUT2D eigenvalue weighted by molar-refractivity contribution is 7.22. The first kappa shape index (κ1) is 11.6. The summed E-state index contributed by atoms with van der Waals surface area (Å²) in [6.45, 7) is 2.69.